The van der Waals surface area contributed by atoms with Gasteiger partial charge >= 0.3 is 0 Å². The lowest BCUT2D eigenvalue weighted by Crippen LogP contribution is -2.13. The lowest BCUT2D eigenvalue weighted by molar-refractivity contribution is -0.384. The van der Waals surface area contributed by atoms with Gasteiger partial charge in [0.1, 0.15) is 5.69 Å². The van der Waals surface area contributed by atoms with Gasteiger partial charge in [-0.05, 0) is 43.5 Å². The molecule has 3 aromatic rings. The monoisotopic (exact) mass is 368 g/mol. The van der Waals surface area contributed by atoms with Crippen LogP contribution < -0.4 is 10.6 Å². The van der Waals surface area contributed by atoms with Crippen molar-refractivity contribution in [3.05, 3.63) is 57.6 Å². The molecule has 1 amide bonds. The predicted octanol–water partition coefficient (Wildman–Crippen LogP) is 4.34. The first-order valence-corrected chi connectivity index (χ1v) is 9.05. The van der Waals surface area contributed by atoms with Gasteiger partial charge in [0.05, 0.1) is 15.1 Å². The average Bonchev–Trinajstić information content (AvgIpc) is 3.32. The number of para-hydroxylation sites is 1. The summed E-state index contributed by atoms with van der Waals surface area (Å²) in [7, 11) is 0. The highest BCUT2D eigenvalue weighted by Gasteiger charge is 2.25. The fourth-order valence-corrected chi connectivity index (χ4v) is 3.64. The van der Waals surface area contributed by atoms with Gasteiger partial charge in [-0.15, -0.1) is 0 Å². The summed E-state index contributed by atoms with van der Waals surface area (Å²) < 4.78 is 0.982. The number of aryl methyl sites for hydroxylation is 1. The number of carbonyl (C=O) groups is 1. The molecule has 0 bridgehead atoms. The van der Waals surface area contributed by atoms with E-state index in [0.717, 1.165) is 28.6 Å². The van der Waals surface area contributed by atoms with Crippen molar-refractivity contribution >= 4 is 44.0 Å². The highest BCUT2D eigenvalue weighted by Crippen LogP contribution is 2.32. The number of thiazole rings is 1. The minimum absolute atomic E-state index is 0.0929. The summed E-state index contributed by atoms with van der Waals surface area (Å²) in [6.45, 7) is 1.96. The number of nitro groups is 1. The highest BCUT2D eigenvalue weighted by atomic mass is 32.1. The Kier molecular flexibility index (Phi) is 4.04. The molecular weight excluding hydrogens is 352 g/mol. The Morgan fingerprint density at radius 2 is 2.12 bits per heavy atom. The van der Waals surface area contributed by atoms with E-state index >= 15 is 0 Å². The number of hydrogen-bond acceptors (Lipinski definition) is 6. The third-order valence-electron chi connectivity index (χ3n) is 4.23. The SMILES string of the molecule is Cc1cccc2sc(NC(=O)c3ccc(NC4CC4)c([N+](=O)[O-])c3)nc12. The first-order valence-electron chi connectivity index (χ1n) is 8.24. The Labute approximate surface area is 153 Å². The number of nitro benzene ring substituents is 1. The summed E-state index contributed by atoms with van der Waals surface area (Å²) in [5.74, 6) is -0.414. The zero-order chi connectivity index (χ0) is 18.3. The first-order chi connectivity index (χ1) is 12.5. The van der Waals surface area contributed by atoms with Gasteiger partial charge in [0.25, 0.3) is 11.6 Å². The summed E-state index contributed by atoms with van der Waals surface area (Å²) in [4.78, 5) is 27.8. The number of rotatable bonds is 5. The van der Waals surface area contributed by atoms with Crippen molar-refractivity contribution < 1.29 is 9.72 Å². The predicted molar refractivity (Wildman–Crippen MR) is 102 cm³/mol. The minimum Gasteiger partial charge on any atom is -0.377 e. The molecule has 7 nitrogen and oxygen atoms in total. The smallest absolute Gasteiger partial charge is 0.293 e. The van der Waals surface area contributed by atoms with Gasteiger partial charge < -0.3 is 5.32 Å². The van der Waals surface area contributed by atoms with Gasteiger partial charge in [-0.2, -0.15) is 0 Å². The van der Waals surface area contributed by atoms with Gasteiger partial charge in [0.15, 0.2) is 5.13 Å². The van der Waals surface area contributed by atoms with Crippen LogP contribution in [0.4, 0.5) is 16.5 Å². The quantitative estimate of drug-likeness (QED) is 0.516. The molecule has 1 heterocycles. The molecule has 0 aliphatic heterocycles. The Hall–Kier alpha value is -3.00. The molecule has 0 unspecified atom stereocenters. The second-order valence-electron chi connectivity index (χ2n) is 6.30. The number of fused-ring (bicyclic) bond motifs is 1. The van der Waals surface area contributed by atoms with Crippen LogP contribution in [0, 0.1) is 17.0 Å². The Balaban J connectivity index is 1.59. The molecule has 1 aliphatic rings. The first kappa shape index (κ1) is 16.5. The van der Waals surface area contributed by atoms with E-state index < -0.39 is 10.8 Å². The van der Waals surface area contributed by atoms with Crippen LogP contribution in [0.25, 0.3) is 10.2 Å². The molecule has 0 spiro atoms. The van der Waals surface area contributed by atoms with Crippen LogP contribution in [-0.2, 0) is 0 Å². The number of nitrogens with zero attached hydrogens (tertiary/aromatic N) is 2. The van der Waals surface area contributed by atoms with Crippen LogP contribution in [0.2, 0.25) is 0 Å². The lowest BCUT2D eigenvalue weighted by atomic mass is 10.1. The van der Waals surface area contributed by atoms with Crippen LogP contribution in [-0.4, -0.2) is 21.9 Å². The zero-order valence-corrected chi connectivity index (χ0v) is 14.8. The van der Waals surface area contributed by atoms with Crippen molar-refractivity contribution in [2.45, 2.75) is 25.8 Å². The minimum atomic E-state index is -0.470. The second-order valence-corrected chi connectivity index (χ2v) is 7.33. The molecule has 2 aromatic carbocycles. The molecule has 2 N–H and O–H groups in total. The Morgan fingerprint density at radius 1 is 1.31 bits per heavy atom. The highest BCUT2D eigenvalue weighted by molar-refractivity contribution is 7.22. The van der Waals surface area contributed by atoms with Crippen LogP contribution in [0.15, 0.2) is 36.4 Å². The zero-order valence-electron chi connectivity index (χ0n) is 14.0. The number of benzene rings is 2. The van der Waals surface area contributed by atoms with Gasteiger partial charge in [-0.25, -0.2) is 4.98 Å². The fraction of sp³-hybridized carbons (Fsp3) is 0.222. The normalized spacial score (nSPS) is 13.6. The van der Waals surface area contributed by atoms with E-state index in [9.17, 15) is 14.9 Å². The van der Waals surface area contributed by atoms with Crippen LogP contribution >= 0.6 is 11.3 Å². The maximum Gasteiger partial charge on any atom is 0.293 e. The molecule has 1 aliphatic carbocycles. The van der Waals surface area contributed by atoms with Crippen LogP contribution in [0.5, 0.6) is 0 Å². The number of hydrogen-bond donors (Lipinski definition) is 2. The number of aromatic nitrogens is 1. The molecule has 132 valence electrons. The summed E-state index contributed by atoms with van der Waals surface area (Å²) >= 11 is 1.38. The fourth-order valence-electron chi connectivity index (χ4n) is 2.70. The molecule has 0 radical (unpaired) electrons. The lowest BCUT2D eigenvalue weighted by Gasteiger charge is -2.07. The molecule has 4 rings (SSSR count). The molecular formula is C18H16N4O3S. The maximum absolute atomic E-state index is 12.5. The number of amides is 1. The van der Waals surface area contributed by atoms with Crippen molar-refractivity contribution in [3.8, 4) is 0 Å². The third kappa shape index (κ3) is 3.23. The molecule has 0 atom stereocenters. The largest absolute Gasteiger partial charge is 0.377 e. The third-order valence-corrected chi connectivity index (χ3v) is 5.17. The van der Waals surface area contributed by atoms with Crippen molar-refractivity contribution in [1.29, 1.82) is 0 Å². The van der Waals surface area contributed by atoms with Crippen molar-refractivity contribution in [3.63, 3.8) is 0 Å². The van der Waals surface area contributed by atoms with E-state index in [4.69, 9.17) is 0 Å². The molecule has 1 aromatic heterocycles. The van der Waals surface area contributed by atoms with E-state index in [0.29, 0.717) is 16.9 Å². The molecule has 8 heteroatoms. The number of anilines is 2. The molecule has 1 fully saturated rings. The number of nitrogens with one attached hydrogen (secondary N) is 2. The summed E-state index contributed by atoms with van der Waals surface area (Å²) in [5, 5.41) is 17.7. The standard InChI is InChI=1S/C18H16N4O3S/c1-10-3-2-4-15-16(10)20-18(26-15)21-17(23)11-5-8-13(19-12-6-7-12)14(9-11)22(24)25/h2-5,8-9,12,19H,6-7H2,1H3,(H,20,21,23). The molecule has 0 saturated heterocycles. The van der Waals surface area contributed by atoms with E-state index in [1.807, 2.05) is 25.1 Å². The molecule has 1 saturated carbocycles. The number of carbonyl (C=O) groups excluding carboxylic acids is 1. The summed E-state index contributed by atoms with van der Waals surface area (Å²) in [6.07, 6.45) is 2.02. The summed E-state index contributed by atoms with van der Waals surface area (Å²) in [5.41, 5.74) is 2.47. The van der Waals surface area contributed by atoms with E-state index in [-0.39, 0.29) is 11.3 Å². The van der Waals surface area contributed by atoms with Crippen molar-refractivity contribution in [2.24, 2.45) is 0 Å². The van der Waals surface area contributed by atoms with Crippen LogP contribution in [0.3, 0.4) is 0 Å². The van der Waals surface area contributed by atoms with Gasteiger partial charge in [0, 0.05) is 17.7 Å². The Morgan fingerprint density at radius 3 is 2.81 bits per heavy atom. The Bertz CT molecular complexity index is 1030. The van der Waals surface area contributed by atoms with E-state index in [2.05, 4.69) is 15.6 Å². The second kappa shape index (κ2) is 6.38. The van der Waals surface area contributed by atoms with Gasteiger partial charge in [-0.3, -0.25) is 20.2 Å². The van der Waals surface area contributed by atoms with Gasteiger partial charge in [-0.1, -0.05) is 23.5 Å². The maximum atomic E-state index is 12.5. The van der Waals surface area contributed by atoms with Crippen molar-refractivity contribution in [2.75, 3.05) is 10.6 Å². The topological polar surface area (TPSA) is 97.2 Å². The van der Waals surface area contributed by atoms with Crippen molar-refractivity contribution in [1.82, 2.24) is 4.98 Å². The van der Waals surface area contributed by atoms with E-state index in [1.54, 1.807) is 12.1 Å². The van der Waals surface area contributed by atoms with Crippen LogP contribution in [0.1, 0.15) is 28.8 Å². The molecule has 26 heavy (non-hydrogen) atoms. The van der Waals surface area contributed by atoms with E-state index in [1.165, 1.54) is 17.4 Å². The van der Waals surface area contributed by atoms with Gasteiger partial charge in [0.2, 0.25) is 0 Å². The summed E-state index contributed by atoms with van der Waals surface area (Å²) in [6, 6.07) is 10.6. The average molecular weight is 368 g/mol.